The van der Waals surface area contributed by atoms with Gasteiger partial charge in [-0.2, -0.15) is 8.42 Å². The summed E-state index contributed by atoms with van der Waals surface area (Å²) in [7, 11) is -3.97. The van der Waals surface area contributed by atoms with Crippen molar-refractivity contribution in [3.63, 3.8) is 0 Å². The topological polar surface area (TPSA) is 91.7 Å². The molecule has 0 aliphatic rings. The predicted molar refractivity (Wildman–Crippen MR) is 58.0 cm³/mol. The van der Waals surface area contributed by atoms with Crippen molar-refractivity contribution in [1.29, 1.82) is 0 Å². The molecular formula is C9H14O5S. The maximum atomic E-state index is 10.0. The number of carbonyl (C=O) groups is 1. The van der Waals surface area contributed by atoms with Crippen LogP contribution in [0.15, 0.2) is 35.8 Å². The van der Waals surface area contributed by atoms with Crippen molar-refractivity contribution in [2.45, 2.75) is 13.8 Å². The van der Waals surface area contributed by atoms with E-state index in [-0.39, 0.29) is 5.57 Å². The summed E-state index contributed by atoms with van der Waals surface area (Å²) in [5, 5.41) is 8.63. The van der Waals surface area contributed by atoms with E-state index >= 15 is 0 Å². The smallest absolute Gasteiger partial charge is 0.330 e. The average molecular weight is 234 g/mol. The lowest BCUT2D eigenvalue weighted by Crippen LogP contribution is -1.92. The SMILES string of the molecule is C=C(C)C(=O)O.C=CC(C)=CS(=O)(=O)O. The summed E-state index contributed by atoms with van der Waals surface area (Å²) in [5.74, 6) is -0.935. The van der Waals surface area contributed by atoms with E-state index in [0.29, 0.717) is 5.57 Å². The number of hydrogen-bond acceptors (Lipinski definition) is 3. The molecule has 0 aromatic carbocycles. The van der Waals surface area contributed by atoms with Gasteiger partial charge in [0.05, 0.1) is 5.41 Å². The quantitative estimate of drug-likeness (QED) is 0.439. The zero-order chi connectivity index (χ0) is 12.6. The summed E-state index contributed by atoms with van der Waals surface area (Å²) < 4.78 is 28.2. The Labute approximate surface area is 89.2 Å². The van der Waals surface area contributed by atoms with E-state index in [1.165, 1.54) is 19.9 Å². The third-order valence-electron chi connectivity index (χ3n) is 1.02. The molecular weight excluding hydrogens is 220 g/mol. The van der Waals surface area contributed by atoms with Gasteiger partial charge in [0.1, 0.15) is 0 Å². The summed E-state index contributed by atoms with van der Waals surface area (Å²) in [6.07, 6.45) is 1.34. The molecule has 2 N–H and O–H groups in total. The maximum Gasteiger partial charge on any atom is 0.330 e. The highest BCUT2D eigenvalue weighted by Crippen LogP contribution is 1.95. The molecule has 0 bridgehead atoms. The van der Waals surface area contributed by atoms with Gasteiger partial charge in [0.2, 0.25) is 0 Å². The van der Waals surface area contributed by atoms with Crippen LogP contribution in [0.5, 0.6) is 0 Å². The molecule has 0 saturated heterocycles. The summed E-state index contributed by atoms with van der Waals surface area (Å²) in [4.78, 5) is 9.60. The highest BCUT2D eigenvalue weighted by Gasteiger charge is 1.95. The van der Waals surface area contributed by atoms with Crippen LogP contribution in [0.1, 0.15) is 13.8 Å². The van der Waals surface area contributed by atoms with E-state index in [9.17, 15) is 13.2 Å². The van der Waals surface area contributed by atoms with Crippen LogP contribution in [0.25, 0.3) is 0 Å². The lowest BCUT2D eigenvalue weighted by Gasteiger charge is -1.86. The lowest BCUT2D eigenvalue weighted by atomic mass is 10.4. The van der Waals surface area contributed by atoms with Crippen molar-refractivity contribution in [2.75, 3.05) is 0 Å². The molecule has 0 aliphatic carbocycles. The van der Waals surface area contributed by atoms with Crippen LogP contribution < -0.4 is 0 Å². The molecule has 0 spiro atoms. The van der Waals surface area contributed by atoms with E-state index in [4.69, 9.17) is 9.66 Å². The number of allylic oxidation sites excluding steroid dienone is 2. The van der Waals surface area contributed by atoms with Crippen molar-refractivity contribution >= 4 is 16.1 Å². The Kier molecular flexibility index (Phi) is 7.45. The van der Waals surface area contributed by atoms with Crippen molar-refractivity contribution in [1.82, 2.24) is 0 Å². The highest BCUT2D eigenvalue weighted by atomic mass is 32.2. The first-order valence-corrected chi connectivity index (χ1v) is 5.27. The molecule has 0 amide bonds. The molecule has 5 nitrogen and oxygen atoms in total. The standard InChI is InChI=1S/C5H8O3S.C4H6O2/c1-3-5(2)4-9(6,7)8;1-3(2)4(5)6/h3-4H,1H2,2H3,(H,6,7,8);1H2,2H3,(H,5,6). The average Bonchev–Trinajstić information content (AvgIpc) is 2.02. The van der Waals surface area contributed by atoms with Gasteiger partial charge in [0.25, 0.3) is 10.1 Å². The second-order valence-electron chi connectivity index (χ2n) is 2.67. The van der Waals surface area contributed by atoms with Crippen LogP contribution in [0.4, 0.5) is 0 Å². The number of carboxylic acid groups (broad SMARTS) is 1. The normalized spacial score (nSPS) is 11.0. The molecule has 0 saturated carbocycles. The van der Waals surface area contributed by atoms with E-state index in [1.807, 2.05) is 0 Å². The molecule has 0 rings (SSSR count). The van der Waals surface area contributed by atoms with Gasteiger partial charge in [-0.3, -0.25) is 4.55 Å². The van der Waals surface area contributed by atoms with Crippen molar-refractivity contribution in [3.05, 3.63) is 35.8 Å². The highest BCUT2D eigenvalue weighted by molar-refractivity contribution is 7.88. The van der Waals surface area contributed by atoms with Gasteiger partial charge >= 0.3 is 5.97 Å². The Morgan fingerprint density at radius 3 is 1.73 bits per heavy atom. The number of aliphatic carboxylic acids is 1. The summed E-state index contributed by atoms with van der Waals surface area (Å²) in [6.45, 7) is 9.43. The van der Waals surface area contributed by atoms with E-state index in [2.05, 4.69) is 13.2 Å². The molecule has 0 aromatic rings. The van der Waals surface area contributed by atoms with Crippen molar-refractivity contribution in [3.8, 4) is 0 Å². The van der Waals surface area contributed by atoms with Gasteiger partial charge in [-0.25, -0.2) is 4.79 Å². The fourth-order valence-corrected chi connectivity index (χ4v) is 0.849. The van der Waals surface area contributed by atoms with Crippen LogP contribution in [-0.4, -0.2) is 24.0 Å². The third-order valence-corrected chi connectivity index (χ3v) is 1.69. The number of rotatable bonds is 3. The van der Waals surface area contributed by atoms with Gasteiger partial charge in [-0.15, -0.1) is 0 Å². The lowest BCUT2D eigenvalue weighted by molar-refractivity contribution is -0.132. The van der Waals surface area contributed by atoms with Gasteiger partial charge < -0.3 is 5.11 Å². The first kappa shape index (κ1) is 16.0. The summed E-state index contributed by atoms with van der Waals surface area (Å²) in [5.41, 5.74) is 0.590. The largest absolute Gasteiger partial charge is 0.478 e. The maximum absolute atomic E-state index is 10.0. The molecule has 86 valence electrons. The fourth-order valence-electron chi connectivity index (χ4n) is 0.283. The molecule has 0 aliphatic heterocycles. The van der Waals surface area contributed by atoms with E-state index < -0.39 is 16.1 Å². The number of hydrogen-bond donors (Lipinski definition) is 2. The van der Waals surface area contributed by atoms with Crippen LogP contribution in [0.2, 0.25) is 0 Å². The Bertz CT molecular complexity index is 363. The Hall–Kier alpha value is -1.40. The number of carboxylic acids is 1. The Morgan fingerprint density at radius 2 is 1.67 bits per heavy atom. The Morgan fingerprint density at radius 1 is 1.33 bits per heavy atom. The molecule has 0 radical (unpaired) electrons. The zero-order valence-corrected chi connectivity index (χ0v) is 9.41. The second-order valence-corrected chi connectivity index (χ2v) is 3.93. The zero-order valence-electron chi connectivity index (χ0n) is 8.60. The fraction of sp³-hybridized carbons (Fsp3) is 0.222. The molecule has 0 unspecified atom stereocenters. The van der Waals surface area contributed by atoms with Gasteiger partial charge in [-0.05, 0) is 19.4 Å². The molecule has 0 atom stereocenters. The minimum atomic E-state index is -3.97. The predicted octanol–water partition coefficient (Wildman–Crippen LogP) is 1.61. The minimum Gasteiger partial charge on any atom is -0.478 e. The summed E-state index contributed by atoms with van der Waals surface area (Å²) in [6, 6.07) is 0. The summed E-state index contributed by atoms with van der Waals surface area (Å²) >= 11 is 0. The molecule has 6 heteroatoms. The molecule has 0 heterocycles. The van der Waals surface area contributed by atoms with E-state index in [1.54, 1.807) is 0 Å². The van der Waals surface area contributed by atoms with Crippen molar-refractivity contribution < 1.29 is 22.9 Å². The van der Waals surface area contributed by atoms with Crippen LogP contribution in [0.3, 0.4) is 0 Å². The van der Waals surface area contributed by atoms with Crippen LogP contribution in [-0.2, 0) is 14.9 Å². The van der Waals surface area contributed by atoms with Gasteiger partial charge in [-0.1, -0.05) is 19.2 Å². The van der Waals surface area contributed by atoms with Crippen LogP contribution in [0, 0.1) is 0 Å². The molecule has 15 heavy (non-hydrogen) atoms. The second kappa shape index (κ2) is 6.97. The first-order valence-electron chi connectivity index (χ1n) is 3.77. The first-order chi connectivity index (χ1) is 6.60. The third kappa shape index (κ3) is 15.4. The molecule has 0 aromatic heterocycles. The van der Waals surface area contributed by atoms with Crippen molar-refractivity contribution in [2.24, 2.45) is 0 Å². The Balaban J connectivity index is 0. The van der Waals surface area contributed by atoms with E-state index in [0.717, 1.165) is 5.41 Å². The minimum absolute atomic E-state index is 0.176. The van der Waals surface area contributed by atoms with Gasteiger partial charge in [0.15, 0.2) is 0 Å². The van der Waals surface area contributed by atoms with Crippen LogP contribution >= 0.6 is 0 Å². The monoisotopic (exact) mass is 234 g/mol. The van der Waals surface area contributed by atoms with Gasteiger partial charge in [0, 0.05) is 5.57 Å². The molecule has 0 fully saturated rings.